The standard InChI is InChI=1S/C31H38ClN5O4/c1-20-35-36-29-22(18-28(38)33-15-7-6-8-16-34-30(39)41-31(2,3)4)17-25(21-9-11-23(32)12-10-21)26-19-24(40-5)13-14-27(26)37(20)29/h9-14,17,19,22H,6-8,15-16,18H2,1-5H3,(H,33,38)(H,34,39)/t22-/m0/s1. The van der Waals surface area contributed by atoms with Gasteiger partial charge in [0.2, 0.25) is 5.91 Å². The number of carbonyl (C=O) groups excluding carboxylic acids is 2. The summed E-state index contributed by atoms with van der Waals surface area (Å²) in [4.78, 5) is 24.9. The third-order valence-corrected chi connectivity index (χ3v) is 6.94. The molecule has 3 aromatic rings. The van der Waals surface area contributed by atoms with Crippen molar-refractivity contribution in [2.45, 2.75) is 64.9 Å². The van der Waals surface area contributed by atoms with Crippen LogP contribution in [0.1, 0.15) is 75.1 Å². The lowest BCUT2D eigenvalue weighted by atomic mass is 9.92. The van der Waals surface area contributed by atoms with Gasteiger partial charge < -0.3 is 20.1 Å². The molecular weight excluding hydrogens is 542 g/mol. The molecule has 0 bridgehead atoms. The number of hydrogen-bond acceptors (Lipinski definition) is 6. The molecule has 1 aromatic heterocycles. The number of amides is 2. The highest BCUT2D eigenvalue weighted by Gasteiger charge is 2.28. The summed E-state index contributed by atoms with van der Waals surface area (Å²) < 4.78 is 12.8. The van der Waals surface area contributed by atoms with Crippen LogP contribution in [0, 0.1) is 6.92 Å². The Labute approximate surface area is 246 Å². The molecule has 0 saturated heterocycles. The monoisotopic (exact) mass is 579 g/mol. The maximum Gasteiger partial charge on any atom is 0.407 e. The van der Waals surface area contributed by atoms with Crippen molar-refractivity contribution < 1.29 is 19.1 Å². The highest BCUT2D eigenvalue weighted by molar-refractivity contribution is 6.30. The van der Waals surface area contributed by atoms with E-state index in [9.17, 15) is 9.59 Å². The van der Waals surface area contributed by atoms with Crippen LogP contribution in [0.15, 0.2) is 48.5 Å². The van der Waals surface area contributed by atoms with E-state index in [0.717, 1.165) is 53.2 Å². The van der Waals surface area contributed by atoms with Gasteiger partial charge in [-0.1, -0.05) is 29.8 Å². The van der Waals surface area contributed by atoms with Crippen molar-refractivity contribution in [3.8, 4) is 11.4 Å². The zero-order chi connectivity index (χ0) is 29.6. The number of methoxy groups -OCH3 is 1. The third kappa shape index (κ3) is 7.88. The second kappa shape index (κ2) is 13.2. The summed E-state index contributed by atoms with van der Waals surface area (Å²) >= 11 is 6.19. The molecule has 1 atom stereocenters. The number of aryl methyl sites for hydroxylation is 1. The van der Waals surface area contributed by atoms with Gasteiger partial charge in [0.1, 0.15) is 23.0 Å². The molecule has 218 valence electrons. The van der Waals surface area contributed by atoms with Crippen molar-refractivity contribution >= 4 is 29.2 Å². The minimum atomic E-state index is -0.516. The number of allylic oxidation sites excluding steroid dienone is 1. The fourth-order valence-corrected chi connectivity index (χ4v) is 4.92. The van der Waals surface area contributed by atoms with Crippen LogP contribution < -0.4 is 15.4 Å². The number of aromatic nitrogens is 3. The smallest absolute Gasteiger partial charge is 0.407 e. The molecule has 1 aliphatic heterocycles. The fraction of sp³-hybridized carbons (Fsp3) is 0.419. The third-order valence-electron chi connectivity index (χ3n) is 6.69. The van der Waals surface area contributed by atoms with E-state index in [1.165, 1.54) is 0 Å². The van der Waals surface area contributed by atoms with Gasteiger partial charge in [-0.05, 0) is 88.4 Å². The van der Waals surface area contributed by atoms with Crippen molar-refractivity contribution in [3.63, 3.8) is 0 Å². The largest absolute Gasteiger partial charge is 0.497 e. The topological polar surface area (TPSA) is 107 Å². The molecule has 2 heterocycles. The lowest BCUT2D eigenvalue weighted by Crippen LogP contribution is -2.33. The number of hydrogen-bond donors (Lipinski definition) is 2. The number of nitrogens with zero attached hydrogens (tertiary/aromatic N) is 3. The summed E-state index contributed by atoms with van der Waals surface area (Å²) in [7, 11) is 1.64. The lowest BCUT2D eigenvalue weighted by molar-refractivity contribution is -0.121. The van der Waals surface area contributed by atoms with Crippen molar-refractivity contribution in [1.29, 1.82) is 0 Å². The van der Waals surface area contributed by atoms with E-state index in [1.54, 1.807) is 7.11 Å². The van der Waals surface area contributed by atoms with E-state index >= 15 is 0 Å². The van der Waals surface area contributed by atoms with Gasteiger partial charge in [-0.25, -0.2) is 4.79 Å². The summed E-state index contributed by atoms with van der Waals surface area (Å²) in [5, 5.41) is 15.3. The van der Waals surface area contributed by atoms with E-state index in [-0.39, 0.29) is 18.2 Å². The predicted molar refractivity (Wildman–Crippen MR) is 160 cm³/mol. The predicted octanol–water partition coefficient (Wildman–Crippen LogP) is 5.97. The first-order valence-corrected chi connectivity index (χ1v) is 14.3. The number of alkyl carbamates (subject to hydrolysis) is 1. The normalized spacial score (nSPS) is 14.3. The Morgan fingerprint density at radius 3 is 2.39 bits per heavy atom. The van der Waals surface area contributed by atoms with E-state index in [1.807, 2.05) is 74.7 Å². The maximum atomic E-state index is 13.1. The molecule has 10 heteroatoms. The number of nitrogens with one attached hydrogen (secondary N) is 2. The molecule has 1 aliphatic rings. The molecular formula is C31H38ClN5O4. The Morgan fingerprint density at radius 2 is 1.71 bits per heavy atom. The lowest BCUT2D eigenvalue weighted by Gasteiger charge is -2.19. The average Bonchev–Trinajstić information content (AvgIpc) is 3.24. The SMILES string of the molecule is COc1ccc2c(c1)C(c1ccc(Cl)cc1)=C[C@@H](CC(=O)NCCCCCNC(=O)OC(C)(C)C)c1nnc(C)n1-2. The maximum absolute atomic E-state index is 13.1. The summed E-state index contributed by atoms with van der Waals surface area (Å²) in [5.41, 5.74) is 3.31. The van der Waals surface area contributed by atoms with Crippen molar-refractivity contribution in [3.05, 3.63) is 76.3 Å². The van der Waals surface area contributed by atoms with Crippen LogP contribution in [0.2, 0.25) is 5.02 Å². The number of rotatable bonds is 10. The molecule has 2 amide bonds. The van der Waals surface area contributed by atoms with Gasteiger partial charge in [0.15, 0.2) is 0 Å². The van der Waals surface area contributed by atoms with Gasteiger partial charge in [0, 0.05) is 36.0 Å². The highest BCUT2D eigenvalue weighted by Crippen LogP contribution is 2.39. The Kier molecular flexibility index (Phi) is 9.70. The molecule has 0 spiro atoms. The van der Waals surface area contributed by atoms with E-state index in [0.29, 0.717) is 23.9 Å². The van der Waals surface area contributed by atoms with E-state index in [2.05, 4.69) is 26.9 Å². The molecule has 2 aromatic carbocycles. The second-order valence-electron chi connectivity index (χ2n) is 11.1. The van der Waals surface area contributed by atoms with Gasteiger partial charge in [0.25, 0.3) is 0 Å². The molecule has 0 aliphatic carbocycles. The number of fused-ring (bicyclic) bond motifs is 3. The van der Waals surface area contributed by atoms with Crippen LogP contribution in [0.5, 0.6) is 5.75 Å². The first kappa shape index (κ1) is 30.1. The van der Waals surface area contributed by atoms with Crippen molar-refractivity contribution in [2.75, 3.05) is 20.2 Å². The molecule has 0 saturated carbocycles. The quantitative estimate of drug-likeness (QED) is 0.287. The van der Waals surface area contributed by atoms with Crippen LogP contribution in [0.3, 0.4) is 0 Å². The molecule has 0 fully saturated rings. The number of ether oxygens (including phenoxy) is 2. The van der Waals surface area contributed by atoms with Crippen molar-refractivity contribution in [2.24, 2.45) is 0 Å². The van der Waals surface area contributed by atoms with Crippen LogP contribution in [0.4, 0.5) is 4.79 Å². The van der Waals surface area contributed by atoms with Gasteiger partial charge >= 0.3 is 6.09 Å². The highest BCUT2D eigenvalue weighted by atomic mass is 35.5. The number of benzene rings is 2. The first-order chi connectivity index (χ1) is 19.6. The van der Waals surface area contributed by atoms with Gasteiger partial charge in [-0.2, -0.15) is 0 Å². The van der Waals surface area contributed by atoms with E-state index < -0.39 is 11.7 Å². The van der Waals surface area contributed by atoms with Crippen LogP contribution in [0.25, 0.3) is 11.3 Å². The number of carbonyl (C=O) groups is 2. The molecule has 0 radical (unpaired) electrons. The zero-order valence-electron chi connectivity index (χ0n) is 24.3. The van der Waals surface area contributed by atoms with Crippen molar-refractivity contribution in [1.82, 2.24) is 25.4 Å². The molecule has 2 N–H and O–H groups in total. The summed E-state index contributed by atoms with van der Waals surface area (Å²) in [6.07, 6.45) is 4.37. The number of unbranched alkanes of at least 4 members (excludes halogenated alkanes) is 2. The van der Waals surface area contributed by atoms with Crippen LogP contribution in [-0.4, -0.2) is 52.6 Å². The van der Waals surface area contributed by atoms with Crippen LogP contribution >= 0.6 is 11.6 Å². The average molecular weight is 580 g/mol. The Morgan fingerprint density at radius 1 is 1.00 bits per heavy atom. The van der Waals surface area contributed by atoms with Gasteiger partial charge in [-0.3, -0.25) is 9.36 Å². The van der Waals surface area contributed by atoms with Crippen LogP contribution in [-0.2, 0) is 9.53 Å². The molecule has 41 heavy (non-hydrogen) atoms. The van der Waals surface area contributed by atoms with Gasteiger partial charge in [0.05, 0.1) is 12.8 Å². The summed E-state index contributed by atoms with van der Waals surface area (Å²) in [6, 6.07) is 13.6. The Hall–Kier alpha value is -3.85. The second-order valence-corrected chi connectivity index (χ2v) is 11.5. The minimum Gasteiger partial charge on any atom is -0.497 e. The summed E-state index contributed by atoms with van der Waals surface area (Å²) in [5.74, 6) is 1.81. The molecule has 9 nitrogen and oxygen atoms in total. The van der Waals surface area contributed by atoms with Gasteiger partial charge in [-0.15, -0.1) is 10.2 Å². The Balaban J connectivity index is 1.45. The minimum absolute atomic E-state index is 0.0654. The first-order valence-electron chi connectivity index (χ1n) is 13.9. The zero-order valence-corrected chi connectivity index (χ0v) is 25.0. The molecule has 0 unspecified atom stereocenters. The van der Waals surface area contributed by atoms with E-state index in [4.69, 9.17) is 21.1 Å². The fourth-order valence-electron chi connectivity index (χ4n) is 4.80. The summed E-state index contributed by atoms with van der Waals surface area (Å²) in [6.45, 7) is 8.49. The Bertz CT molecular complexity index is 1410. The molecule has 4 rings (SSSR count). The number of halogens is 1.